The number of amides is 2. The lowest BCUT2D eigenvalue weighted by Crippen LogP contribution is -2.23. The monoisotopic (exact) mass is 264 g/mol. The summed E-state index contributed by atoms with van der Waals surface area (Å²) in [4.78, 5) is 26.3. The second-order valence-corrected chi connectivity index (χ2v) is 3.89. The molecule has 0 aliphatic carbocycles. The number of carbonyl (C=O) groups is 2. The summed E-state index contributed by atoms with van der Waals surface area (Å²) in [6.07, 6.45) is 0. The van der Waals surface area contributed by atoms with E-state index in [9.17, 15) is 9.59 Å². The summed E-state index contributed by atoms with van der Waals surface area (Å²) in [5, 5.41) is 5.93. The summed E-state index contributed by atoms with van der Waals surface area (Å²) in [7, 11) is 0. The van der Waals surface area contributed by atoms with Gasteiger partial charge in [0.15, 0.2) is 0 Å². The number of nitrogens with one attached hydrogen (secondary N) is 1. The van der Waals surface area contributed by atoms with Crippen LogP contribution >= 0.6 is 0 Å². The Morgan fingerprint density at radius 2 is 2.16 bits per heavy atom. The number of carbonyl (C=O) groups excluding carboxylic acids is 2. The van der Waals surface area contributed by atoms with Gasteiger partial charge in [0.1, 0.15) is 11.5 Å². The zero-order valence-corrected chi connectivity index (χ0v) is 10.4. The van der Waals surface area contributed by atoms with Crippen LogP contribution in [-0.4, -0.2) is 22.0 Å². The fourth-order valence-corrected chi connectivity index (χ4v) is 1.53. The second kappa shape index (κ2) is 4.92. The summed E-state index contributed by atoms with van der Waals surface area (Å²) >= 11 is 0. The van der Waals surface area contributed by atoms with Crippen molar-refractivity contribution in [1.29, 1.82) is 0 Å². The predicted octanol–water partition coefficient (Wildman–Crippen LogP) is 0.308. The van der Waals surface area contributed by atoms with Crippen LogP contribution in [0.15, 0.2) is 15.0 Å². The number of hydrogen-bond donors (Lipinski definition) is 2. The zero-order chi connectivity index (χ0) is 14.0. The maximum atomic E-state index is 11.8. The third-order valence-corrected chi connectivity index (χ3v) is 2.37. The quantitative estimate of drug-likeness (QED) is 0.818. The van der Waals surface area contributed by atoms with Crippen LogP contribution in [0.3, 0.4) is 0 Å². The molecule has 8 nitrogen and oxygen atoms in total. The minimum Gasteiger partial charge on any atom is -0.466 e. The number of primary amides is 1. The molecule has 0 saturated carbocycles. The SMILES string of the molecule is Cc1cc(C(=O)NCc2nc(C(N)=O)no2)c(C)o1. The van der Waals surface area contributed by atoms with Gasteiger partial charge < -0.3 is 20.0 Å². The van der Waals surface area contributed by atoms with Crippen molar-refractivity contribution >= 4 is 11.8 Å². The predicted molar refractivity (Wildman–Crippen MR) is 62.2 cm³/mol. The molecule has 0 unspecified atom stereocenters. The van der Waals surface area contributed by atoms with E-state index in [1.165, 1.54) is 0 Å². The van der Waals surface area contributed by atoms with Crippen molar-refractivity contribution in [1.82, 2.24) is 15.5 Å². The number of aromatic nitrogens is 2. The lowest BCUT2D eigenvalue weighted by Gasteiger charge is -1.99. The first-order chi connectivity index (χ1) is 8.97. The Balaban J connectivity index is 2.00. The minimum atomic E-state index is -0.789. The normalized spacial score (nSPS) is 10.4. The van der Waals surface area contributed by atoms with E-state index in [4.69, 9.17) is 14.7 Å². The van der Waals surface area contributed by atoms with E-state index < -0.39 is 5.91 Å². The Kier molecular flexibility index (Phi) is 3.32. The van der Waals surface area contributed by atoms with E-state index in [0.29, 0.717) is 17.1 Å². The van der Waals surface area contributed by atoms with E-state index in [1.54, 1.807) is 19.9 Å². The molecule has 3 N–H and O–H groups in total. The molecule has 19 heavy (non-hydrogen) atoms. The van der Waals surface area contributed by atoms with Crippen molar-refractivity contribution in [2.45, 2.75) is 20.4 Å². The lowest BCUT2D eigenvalue weighted by molar-refractivity contribution is 0.0942. The van der Waals surface area contributed by atoms with Crippen molar-refractivity contribution < 1.29 is 18.5 Å². The molecule has 0 aliphatic heterocycles. The Hall–Kier alpha value is -2.64. The molecule has 0 fully saturated rings. The smallest absolute Gasteiger partial charge is 0.290 e. The highest BCUT2D eigenvalue weighted by atomic mass is 16.5. The largest absolute Gasteiger partial charge is 0.466 e. The molecule has 0 aliphatic rings. The first-order valence-corrected chi connectivity index (χ1v) is 5.45. The van der Waals surface area contributed by atoms with Gasteiger partial charge in [-0.3, -0.25) is 9.59 Å². The van der Waals surface area contributed by atoms with Gasteiger partial charge in [-0.15, -0.1) is 0 Å². The molecule has 2 rings (SSSR count). The molecule has 2 heterocycles. The highest BCUT2D eigenvalue weighted by Gasteiger charge is 2.15. The Morgan fingerprint density at radius 3 is 2.68 bits per heavy atom. The Labute approximate surface area is 108 Å². The summed E-state index contributed by atoms with van der Waals surface area (Å²) in [6, 6.07) is 1.63. The number of hydrogen-bond acceptors (Lipinski definition) is 6. The zero-order valence-electron chi connectivity index (χ0n) is 10.4. The van der Waals surface area contributed by atoms with E-state index in [0.717, 1.165) is 0 Å². The van der Waals surface area contributed by atoms with E-state index >= 15 is 0 Å². The maximum absolute atomic E-state index is 11.8. The van der Waals surface area contributed by atoms with Crippen LogP contribution in [0.1, 0.15) is 38.4 Å². The molecule has 2 amide bonds. The third-order valence-electron chi connectivity index (χ3n) is 2.37. The van der Waals surface area contributed by atoms with Crippen LogP contribution in [0.4, 0.5) is 0 Å². The molecule has 0 saturated heterocycles. The summed E-state index contributed by atoms with van der Waals surface area (Å²) in [5.41, 5.74) is 5.41. The topological polar surface area (TPSA) is 124 Å². The fraction of sp³-hybridized carbons (Fsp3) is 0.273. The van der Waals surface area contributed by atoms with Gasteiger partial charge in [-0.1, -0.05) is 5.16 Å². The van der Waals surface area contributed by atoms with Gasteiger partial charge in [-0.25, -0.2) is 0 Å². The van der Waals surface area contributed by atoms with Crippen LogP contribution in [0.5, 0.6) is 0 Å². The molecular formula is C11H12N4O4. The highest BCUT2D eigenvalue weighted by Crippen LogP contribution is 2.13. The van der Waals surface area contributed by atoms with Crippen LogP contribution in [0.25, 0.3) is 0 Å². The van der Waals surface area contributed by atoms with E-state index in [1.807, 2.05) is 0 Å². The van der Waals surface area contributed by atoms with Crippen LogP contribution < -0.4 is 11.1 Å². The average Bonchev–Trinajstić information content (AvgIpc) is 2.93. The van der Waals surface area contributed by atoms with Crippen molar-refractivity contribution in [2.24, 2.45) is 5.73 Å². The van der Waals surface area contributed by atoms with Crippen molar-refractivity contribution in [3.05, 3.63) is 34.9 Å². The summed E-state index contributed by atoms with van der Waals surface area (Å²) < 4.78 is 10.00. The average molecular weight is 264 g/mol. The second-order valence-electron chi connectivity index (χ2n) is 3.89. The molecule has 0 aromatic carbocycles. The lowest BCUT2D eigenvalue weighted by atomic mass is 10.2. The Morgan fingerprint density at radius 1 is 1.42 bits per heavy atom. The van der Waals surface area contributed by atoms with Gasteiger partial charge in [0.25, 0.3) is 17.6 Å². The first-order valence-electron chi connectivity index (χ1n) is 5.45. The standard InChI is InChI=1S/C11H12N4O4/c1-5-3-7(6(2)18-5)11(17)13-4-8-14-10(9(12)16)15-19-8/h3H,4H2,1-2H3,(H2,12,16)(H,13,17). The molecular weight excluding hydrogens is 252 g/mol. The molecule has 2 aromatic heterocycles. The van der Waals surface area contributed by atoms with Gasteiger partial charge in [-0.05, 0) is 19.9 Å². The Bertz CT molecular complexity index is 628. The van der Waals surface area contributed by atoms with Crippen molar-refractivity contribution in [3.63, 3.8) is 0 Å². The van der Waals surface area contributed by atoms with Gasteiger partial charge in [0.2, 0.25) is 5.89 Å². The molecule has 100 valence electrons. The van der Waals surface area contributed by atoms with E-state index in [2.05, 4.69) is 15.5 Å². The molecule has 0 radical (unpaired) electrons. The number of rotatable bonds is 4. The number of nitrogens with zero attached hydrogens (tertiary/aromatic N) is 2. The minimum absolute atomic E-state index is 0.00276. The van der Waals surface area contributed by atoms with Gasteiger partial charge in [0.05, 0.1) is 12.1 Å². The first kappa shape index (κ1) is 12.8. The van der Waals surface area contributed by atoms with Gasteiger partial charge in [-0.2, -0.15) is 4.98 Å². The summed E-state index contributed by atoms with van der Waals surface area (Å²) in [6.45, 7) is 3.45. The highest BCUT2D eigenvalue weighted by molar-refractivity contribution is 5.95. The molecule has 0 bridgehead atoms. The van der Waals surface area contributed by atoms with Gasteiger partial charge >= 0.3 is 0 Å². The third kappa shape index (κ3) is 2.79. The molecule has 8 heteroatoms. The number of nitrogens with two attached hydrogens (primary N) is 1. The van der Waals surface area contributed by atoms with Gasteiger partial charge in [0, 0.05) is 0 Å². The fourth-order valence-electron chi connectivity index (χ4n) is 1.53. The summed E-state index contributed by atoms with van der Waals surface area (Å²) in [5.74, 6) is -0.0646. The molecule has 2 aromatic rings. The van der Waals surface area contributed by atoms with E-state index in [-0.39, 0.29) is 24.2 Å². The molecule has 0 spiro atoms. The van der Waals surface area contributed by atoms with Crippen LogP contribution in [0.2, 0.25) is 0 Å². The van der Waals surface area contributed by atoms with Crippen LogP contribution in [0, 0.1) is 13.8 Å². The van der Waals surface area contributed by atoms with Crippen LogP contribution in [-0.2, 0) is 6.54 Å². The molecule has 0 atom stereocenters. The van der Waals surface area contributed by atoms with Crippen molar-refractivity contribution in [3.8, 4) is 0 Å². The number of furan rings is 1. The number of aryl methyl sites for hydroxylation is 2. The maximum Gasteiger partial charge on any atom is 0.290 e. The van der Waals surface area contributed by atoms with Crippen molar-refractivity contribution in [2.75, 3.05) is 0 Å².